The Labute approximate surface area is 430 Å². The van der Waals surface area contributed by atoms with Crippen LogP contribution in [0, 0.1) is 50.2 Å². The van der Waals surface area contributed by atoms with Gasteiger partial charge in [0.25, 0.3) is 0 Å². The van der Waals surface area contributed by atoms with Gasteiger partial charge in [-0.05, 0) is 109 Å². The van der Waals surface area contributed by atoms with Gasteiger partial charge in [0.1, 0.15) is 79.4 Å². The van der Waals surface area contributed by atoms with Gasteiger partial charge < -0.3 is 99.2 Å². The fraction of sp³-hybridized carbons (Fsp3) is 0.923. The molecular weight excluding hydrogens is 977 g/mol. The van der Waals surface area contributed by atoms with Crippen molar-refractivity contribution in [2.45, 2.75) is 229 Å². The predicted octanol–water partition coefficient (Wildman–Crippen LogP) is -0.665. The second kappa shape index (κ2) is 20.3. The molecule has 4 saturated heterocycles. The van der Waals surface area contributed by atoms with Gasteiger partial charge in [-0.15, -0.1) is 0 Å². The van der Waals surface area contributed by atoms with Gasteiger partial charge in [0.05, 0.1) is 31.3 Å². The van der Waals surface area contributed by atoms with Crippen LogP contribution in [-0.4, -0.2) is 210 Å². The molecule has 22 heteroatoms. The molecule has 0 unspecified atom stereocenters. The zero-order chi connectivity index (χ0) is 54.0. The van der Waals surface area contributed by atoms with Crippen molar-refractivity contribution in [2.24, 2.45) is 50.2 Å². The molecule has 0 bridgehead atoms. The van der Waals surface area contributed by atoms with Crippen molar-refractivity contribution < 1.29 is 109 Å². The number of allylic oxidation sites excluding steroid dienone is 2. The van der Waals surface area contributed by atoms with Crippen molar-refractivity contribution in [2.75, 3.05) is 19.8 Å². The molecule has 8 fully saturated rings. The molecule has 22 nitrogen and oxygen atoms in total. The van der Waals surface area contributed by atoms with Crippen molar-refractivity contribution in [3.05, 3.63) is 11.6 Å². The monoisotopic (exact) mass is 1060 g/mol. The Kier molecular flexibility index (Phi) is 15.5. The number of hydrogen-bond acceptors (Lipinski definition) is 21. The van der Waals surface area contributed by atoms with Crippen molar-refractivity contribution in [1.29, 1.82) is 0 Å². The maximum absolute atomic E-state index is 14.8. The lowest BCUT2D eigenvalue weighted by Crippen LogP contribution is -2.68. The molecule has 9 rings (SSSR count). The second-order valence-corrected chi connectivity index (χ2v) is 25.4. The van der Waals surface area contributed by atoms with E-state index in [4.69, 9.17) is 37.9 Å². The summed E-state index contributed by atoms with van der Waals surface area (Å²) in [5.41, 5.74) is -1.30. The Morgan fingerprint density at radius 2 is 1.22 bits per heavy atom. The van der Waals surface area contributed by atoms with Crippen LogP contribution in [0.1, 0.15) is 113 Å². The largest absolute Gasteiger partial charge is 0.479 e. The van der Waals surface area contributed by atoms with Gasteiger partial charge in [-0.1, -0.05) is 60.1 Å². The summed E-state index contributed by atoms with van der Waals surface area (Å²) in [7, 11) is 0. The van der Waals surface area contributed by atoms with Gasteiger partial charge in [0, 0.05) is 0 Å². The molecule has 12 N–H and O–H groups in total. The zero-order valence-corrected chi connectivity index (χ0v) is 43.4. The van der Waals surface area contributed by atoms with Crippen LogP contribution < -0.4 is 0 Å². The molecule has 5 aliphatic carbocycles. The van der Waals surface area contributed by atoms with Gasteiger partial charge in [-0.25, -0.2) is 4.79 Å². The summed E-state index contributed by atoms with van der Waals surface area (Å²) in [5, 5.41) is 127. The highest BCUT2D eigenvalue weighted by Crippen LogP contribution is 2.76. The van der Waals surface area contributed by atoms with Crippen molar-refractivity contribution in [1.82, 2.24) is 0 Å². The summed E-state index contributed by atoms with van der Waals surface area (Å²) >= 11 is 0. The van der Waals surface area contributed by atoms with Crippen molar-refractivity contribution in [3.63, 3.8) is 0 Å². The van der Waals surface area contributed by atoms with E-state index >= 15 is 0 Å². The first-order chi connectivity index (χ1) is 34.6. The van der Waals surface area contributed by atoms with E-state index in [-0.39, 0.29) is 39.4 Å². The van der Waals surface area contributed by atoms with E-state index in [1.807, 2.05) is 0 Å². The molecule has 0 radical (unpaired) electrons. The number of carboxylic acid groups (broad SMARTS) is 1. The van der Waals surface area contributed by atoms with E-state index < -0.39 is 159 Å². The maximum atomic E-state index is 14.8. The normalized spacial score (nSPS) is 53.0. The molecule has 4 heterocycles. The zero-order valence-electron chi connectivity index (χ0n) is 43.4. The summed E-state index contributed by atoms with van der Waals surface area (Å²) in [4.78, 5) is 27.6. The van der Waals surface area contributed by atoms with Crippen LogP contribution in [0.15, 0.2) is 11.6 Å². The number of hydrogen-bond donors (Lipinski definition) is 12. The number of carbonyl (C=O) groups excluding carboxylic acids is 1. The standard InChI is InChI=1S/C52H82O22/c1-47(2)14-16-52(46(66)74-44-36(62)33(59)32(58)26(19-53)69-44)17-15-50(6)22(23(52)18-47)8-9-28-49(5)12-11-29(48(3,4)27(49)10-13-51(28,50)7)70-45-40(73-43-35(61)31(57)25(55)21-68-43)38(37(63)39(72-45)41(64)65)71-42-34(60)30(56)24(54)20-67-42/h8,23-40,42-45,53-63H,9-21H2,1-7H3,(H,64,65)/t23-,24+,25-,26-,27-,28+,29-,30+,31-,32-,33+,34+,35-,36-,37-,38-,39-,40+,42-,43+,44-,45-,49-,50-,51-,52+/m0/s1. The van der Waals surface area contributed by atoms with Gasteiger partial charge in [0.15, 0.2) is 25.0 Å². The van der Waals surface area contributed by atoms with Crippen LogP contribution >= 0.6 is 0 Å². The Bertz CT molecular complexity index is 2090. The SMILES string of the molecule is CC1(C)CC[C@@]2(C(=O)O[C@@H]3O[C@@H](CO)[C@H](O)[C@@H](O)[C@@H]3O)CC[C@@]3(C)C(=CC[C@@H]4[C@@]5(C)CC[C@H](O[C@H]6O[C@H](C(=O)O)[C@@H](O)[C@H](O[C@@H]7OC[C@@H](O)[C@@H](O)[C@H]7O)[C@H]6O[C@H]6OC[C@H](O)[C@H](O)[C@@H]6O)C(C)(C)[C@@H]5CC[C@@]43C)[C@@H]2C1. The number of carboxylic acids is 1. The van der Waals surface area contributed by atoms with Crippen LogP contribution in [-0.2, 0) is 47.5 Å². The number of rotatable bonds is 10. The second-order valence-electron chi connectivity index (χ2n) is 25.4. The van der Waals surface area contributed by atoms with Crippen LogP contribution in [0.3, 0.4) is 0 Å². The van der Waals surface area contributed by atoms with E-state index in [0.29, 0.717) is 32.1 Å². The number of carbonyl (C=O) groups is 2. The molecule has 4 saturated carbocycles. The number of aliphatic carboxylic acids is 1. The van der Waals surface area contributed by atoms with Crippen molar-refractivity contribution >= 4 is 11.9 Å². The molecule has 0 spiro atoms. The van der Waals surface area contributed by atoms with E-state index in [9.17, 15) is 70.9 Å². The van der Waals surface area contributed by atoms with Gasteiger partial charge in [0.2, 0.25) is 6.29 Å². The average Bonchev–Trinajstić information content (AvgIpc) is 3.34. The highest BCUT2D eigenvalue weighted by Gasteiger charge is 2.70. The van der Waals surface area contributed by atoms with Crippen LogP contribution in [0.4, 0.5) is 0 Å². The highest BCUT2D eigenvalue weighted by atomic mass is 16.8. The summed E-state index contributed by atoms with van der Waals surface area (Å²) < 4.78 is 48.0. The lowest BCUT2D eigenvalue weighted by atomic mass is 9.33. The first kappa shape index (κ1) is 56.7. The molecule has 74 heavy (non-hydrogen) atoms. The minimum atomic E-state index is -2.03. The number of fused-ring (bicyclic) bond motifs is 7. The Hall–Kier alpha value is -2.04. The Balaban J connectivity index is 0.991. The van der Waals surface area contributed by atoms with E-state index in [0.717, 1.165) is 32.1 Å². The Morgan fingerprint density at radius 3 is 1.82 bits per heavy atom. The summed E-state index contributed by atoms with van der Waals surface area (Å²) in [6.07, 6.45) is -22.0. The third kappa shape index (κ3) is 9.12. The Morgan fingerprint density at radius 1 is 0.622 bits per heavy atom. The highest BCUT2D eigenvalue weighted by molar-refractivity contribution is 5.79. The summed E-state index contributed by atoms with van der Waals surface area (Å²) in [6.45, 7) is 14.1. The fourth-order valence-corrected chi connectivity index (χ4v) is 15.9. The van der Waals surface area contributed by atoms with Gasteiger partial charge in [-0.2, -0.15) is 0 Å². The predicted molar refractivity (Wildman–Crippen MR) is 251 cm³/mol. The fourth-order valence-electron chi connectivity index (χ4n) is 15.9. The lowest BCUT2D eigenvalue weighted by Gasteiger charge is -2.71. The van der Waals surface area contributed by atoms with Crippen LogP contribution in [0.2, 0.25) is 0 Å². The number of ether oxygens (including phenoxy) is 8. The molecule has 4 aliphatic heterocycles. The molecule has 422 valence electrons. The first-order valence-electron chi connectivity index (χ1n) is 26.6. The average molecular weight is 1060 g/mol. The van der Waals surface area contributed by atoms with E-state index in [1.54, 1.807) is 0 Å². The smallest absolute Gasteiger partial charge is 0.335 e. The minimum Gasteiger partial charge on any atom is -0.479 e. The maximum Gasteiger partial charge on any atom is 0.335 e. The first-order valence-corrected chi connectivity index (χ1v) is 26.6. The van der Waals surface area contributed by atoms with Gasteiger partial charge in [-0.3, -0.25) is 4.79 Å². The molecule has 0 aromatic heterocycles. The number of esters is 1. The van der Waals surface area contributed by atoms with Gasteiger partial charge >= 0.3 is 11.9 Å². The molecule has 0 aromatic rings. The molecule has 9 aliphatic rings. The van der Waals surface area contributed by atoms with Crippen LogP contribution in [0.5, 0.6) is 0 Å². The summed E-state index contributed by atoms with van der Waals surface area (Å²) in [5.74, 6) is -2.11. The quantitative estimate of drug-likeness (QED) is 0.0734. The van der Waals surface area contributed by atoms with E-state index in [2.05, 4.69) is 54.5 Å². The minimum absolute atomic E-state index is 0.0323. The van der Waals surface area contributed by atoms with Crippen LogP contribution in [0.25, 0.3) is 0 Å². The molecular formula is C52H82O22. The summed E-state index contributed by atoms with van der Waals surface area (Å²) in [6, 6.07) is 0. The molecule has 0 amide bonds. The van der Waals surface area contributed by atoms with Crippen molar-refractivity contribution in [3.8, 4) is 0 Å². The number of aliphatic hydroxyl groups excluding tert-OH is 11. The lowest BCUT2D eigenvalue weighted by molar-refractivity contribution is -0.386. The van der Waals surface area contributed by atoms with E-state index in [1.165, 1.54) is 5.57 Å². The third-order valence-corrected chi connectivity index (χ3v) is 20.6. The third-order valence-electron chi connectivity index (χ3n) is 20.6. The molecule has 26 atom stereocenters. The number of aliphatic hydroxyl groups is 11. The topological polar surface area (TPSA) is 351 Å². The molecule has 0 aromatic carbocycles.